The van der Waals surface area contributed by atoms with Crippen molar-refractivity contribution in [3.05, 3.63) is 81.3 Å². The fourth-order valence-corrected chi connectivity index (χ4v) is 5.71. The van der Waals surface area contributed by atoms with Crippen molar-refractivity contribution in [1.29, 1.82) is 0 Å². The Balaban J connectivity index is 1.94. The Labute approximate surface area is 262 Å². The Morgan fingerprint density at radius 2 is 1.75 bits per heavy atom. The molecular formula is C30H39N5O7S2. The van der Waals surface area contributed by atoms with Crippen LogP contribution in [0.2, 0.25) is 0 Å². The number of rotatable bonds is 14. The molecule has 0 aliphatic heterocycles. The second-order valence-electron chi connectivity index (χ2n) is 10.6. The lowest BCUT2D eigenvalue weighted by atomic mass is 10.0. The van der Waals surface area contributed by atoms with E-state index in [4.69, 9.17) is 4.74 Å². The number of nitrogens with zero attached hydrogens (tertiary/aromatic N) is 3. The van der Waals surface area contributed by atoms with Gasteiger partial charge >= 0.3 is 5.97 Å². The zero-order valence-corrected chi connectivity index (χ0v) is 27.2. The van der Waals surface area contributed by atoms with E-state index < -0.39 is 46.0 Å². The van der Waals surface area contributed by atoms with Crippen molar-refractivity contribution in [2.45, 2.75) is 45.0 Å². The molecule has 0 saturated carbocycles. The van der Waals surface area contributed by atoms with Crippen LogP contribution < -0.4 is 14.9 Å². The lowest BCUT2D eigenvalue weighted by molar-refractivity contribution is -0.145. The van der Waals surface area contributed by atoms with Gasteiger partial charge in [0, 0.05) is 48.9 Å². The summed E-state index contributed by atoms with van der Waals surface area (Å²) < 4.78 is 30.6. The van der Waals surface area contributed by atoms with Crippen LogP contribution in [0.3, 0.4) is 0 Å². The van der Waals surface area contributed by atoms with Crippen molar-refractivity contribution in [3.8, 4) is 0 Å². The normalized spacial score (nSPS) is 13.4. The van der Waals surface area contributed by atoms with Crippen LogP contribution >= 0.6 is 11.3 Å². The minimum atomic E-state index is -3.72. The molecule has 3 atom stereocenters. The Kier molecular flexibility index (Phi) is 12.0. The van der Waals surface area contributed by atoms with E-state index in [1.54, 1.807) is 7.05 Å². The summed E-state index contributed by atoms with van der Waals surface area (Å²) in [4.78, 5) is 45.2. The highest BCUT2D eigenvalue weighted by Crippen LogP contribution is 2.23. The number of benzene rings is 2. The van der Waals surface area contributed by atoms with Gasteiger partial charge in [-0.1, -0.05) is 30.3 Å². The molecule has 0 saturated heterocycles. The minimum absolute atomic E-state index is 0.0675. The number of amides is 2. The number of sulfonamides is 1. The number of aryl methyl sites for hydroxylation is 1. The molecule has 3 aromatic rings. The second-order valence-corrected chi connectivity index (χ2v) is 13.5. The predicted molar refractivity (Wildman–Crippen MR) is 169 cm³/mol. The van der Waals surface area contributed by atoms with Crippen LogP contribution in [0.25, 0.3) is 0 Å². The number of esters is 1. The molecule has 3 N–H and O–H groups in total. The highest BCUT2D eigenvalue weighted by molar-refractivity contribution is 7.92. The number of aromatic nitrogens is 1. The minimum Gasteiger partial charge on any atom is -0.468 e. The van der Waals surface area contributed by atoms with Crippen molar-refractivity contribution in [3.63, 3.8) is 0 Å². The summed E-state index contributed by atoms with van der Waals surface area (Å²) in [6, 6.07) is 12.0. The summed E-state index contributed by atoms with van der Waals surface area (Å²) >= 11 is 1.42. The van der Waals surface area contributed by atoms with E-state index in [-0.39, 0.29) is 29.9 Å². The van der Waals surface area contributed by atoms with E-state index in [0.29, 0.717) is 6.42 Å². The monoisotopic (exact) mass is 645 g/mol. The van der Waals surface area contributed by atoms with Crippen LogP contribution in [0.4, 0.5) is 5.69 Å². The molecular weight excluding hydrogens is 606 g/mol. The quantitative estimate of drug-likeness (QED) is 0.223. The standard InChI is InChI=1S/C30H39N5O7S2/c1-19-18-43-26(32-19)17-34(3)29(38)23-13-22(14-25(15-23)35(4)44(6,40)41)28(37)33-24(12-21-10-8-7-9-11-21)16-31-27(20(2)36)30(39)42-5/h7-11,13-15,18,20,24,27,31,36H,12,16-17H2,1-6H3,(H,33,37)/t20-,24+,27-/m1/s1. The Hall–Kier alpha value is -3.85. The molecule has 0 unspecified atom stereocenters. The van der Waals surface area contributed by atoms with Crippen LogP contribution in [0.1, 0.15) is 43.9 Å². The molecule has 2 aromatic carbocycles. The van der Waals surface area contributed by atoms with Crippen LogP contribution in [0.5, 0.6) is 0 Å². The summed E-state index contributed by atoms with van der Waals surface area (Å²) in [5.41, 5.74) is 2.08. The highest BCUT2D eigenvalue weighted by Gasteiger charge is 2.27. The first kappa shape index (κ1) is 34.6. The molecule has 2 amide bonds. The van der Waals surface area contributed by atoms with Gasteiger partial charge in [-0.25, -0.2) is 13.4 Å². The van der Waals surface area contributed by atoms with Crippen LogP contribution in [0, 0.1) is 6.92 Å². The van der Waals surface area contributed by atoms with E-state index in [1.807, 2.05) is 42.6 Å². The maximum atomic E-state index is 13.7. The fourth-order valence-electron chi connectivity index (χ4n) is 4.40. The first-order chi connectivity index (χ1) is 20.7. The molecule has 0 fully saturated rings. The van der Waals surface area contributed by atoms with Gasteiger partial charge in [0.05, 0.1) is 31.7 Å². The number of thiazole rings is 1. The van der Waals surface area contributed by atoms with Crippen LogP contribution in [-0.2, 0) is 32.5 Å². The lowest BCUT2D eigenvalue weighted by Gasteiger charge is -2.25. The summed E-state index contributed by atoms with van der Waals surface area (Å²) in [6.07, 6.45) is 0.343. The molecule has 44 heavy (non-hydrogen) atoms. The average molecular weight is 646 g/mol. The fraction of sp³-hybridized carbons (Fsp3) is 0.400. The molecule has 0 aliphatic rings. The number of aliphatic hydroxyl groups excluding tert-OH is 1. The number of hydrogen-bond donors (Lipinski definition) is 3. The summed E-state index contributed by atoms with van der Waals surface area (Å²) in [7, 11) is 0.448. The zero-order valence-electron chi connectivity index (χ0n) is 25.6. The second kappa shape index (κ2) is 15.2. The third kappa shape index (κ3) is 9.58. The predicted octanol–water partition coefficient (Wildman–Crippen LogP) is 1.97. The van der Waals surface area contributed by atoms with Crippen molar-refractivity contribution in [2.24, 2.45) is 0 Å². The molecule has 0 bridgehead atoms. The van der Waals surface area contributed by atoms with Gasteiger partial charge in [-0.05, 0) is 44.0 Å². The maximum absolute atomic E-state index is 13.7. The van der Waals surface area contributed by atoms with Crippen LogP contribution in [0.15, 0.2) is 53.9 Å². The molecule has 1 aromatic heterocycles. The number of nitrogens with one attached hydrogen (secondary N) is 2. The number of carbonyl (C=O) groups excluding carboxylic acids is 3. The van der Waals surface area contributed by atoms with E-state index >= 15 is 0 Å². The number of methoxy groups -OCH3 is 1. The third-order valence-corrected chi connectivity index (χ3v) is 9.01. The number of ether oxygens (including phenoxy) is 1. The first-order valence-corrected chi connectivity index (χ1v) is 16.5. The number of aliphatic hydroxyl groups is 1. The number of anilines is 1. The maximum Gasteiger partial charge on any atom is 0.325 e. The van der Waals surface area contributed by atoms with Crippen LogP contribution in [-0.4, -0.2) is 93.4 Å². The Morgan fingerprint density at radius 1 is 1.09 bits per heavy atom. The molecule has 0 radical (unpaired) electrons. The molecule has 238 valence electrons. The summed E-state index contributed by atoms with van der Waals surface area (Å²) in [5.74, 6) is -1.63. The van der Waals surface area contributed by atoms with Gasteiger partial charge in [-0.15, -0.1) is 11.3 Å². The molecule has 12 nitrogen and oxygen atoms in total. The number of carbonyl (C=O) groups is 3. The van der Waals surface area contributed by atoms with Gasteiger partial charge in [-0.2, -0.15) is 0 Å². The first-order valence-electron chi connectivity index (χ1n) is 13.8. The smallest absolute Gasteiger partial charge is 0.325 e. The van der Waals surface area contributed by atoms with Gasteiger partial charge in [0.1, 0.15) is 11.0 Å². The van der Waals surface area contributed by atoms with Gasteiger partial charge in [0.2, 0.25) is 10.0 Å². The molecule has 0 spiro atoms. The molecule has 0 aliphatic carbocycles. The van der Waals surface area contributed by atoms with E-state index in [0.717, 1.165) is 26.8 Å². The number of hydrogen-bond acceptors (Lipinski definition) is 10. The largest absolute Gasteiger partial charge is 0.468 e. The van der Waals surface area contributed by atoms with Crippen molar-refractivity contribution >= 4 is 44.8 Å². The van der Waals surface area contributed by atoms with E-state index in [9.17, 15) is 27.9 Å². The van der Waals surface area contributed by atoms with Crippen molar-refractivity contribution in [2.75, 3.05) is 38.3 Å². The Bertz CT molecular complexity index is 1560. The van der Waals surface area contributed by atoms with Gasteiger partial charge in [0.15, 0.2) is 0 Å². The van der Waals surface area contributed by atoms with E-state index in [2.05, 4.69) is 15.6 Å². The highest BCUT2D eigenvalue weighted by atomic mass is 32.2. The Morgan fingerprint density at radius 3 is 2.32 bits per heavy atom. The molecule has 1 heterocycles. The van der Waals surface area contributed by atoms with Gasteiger partial charge in [0.25, 0.3) is 11.8 Å². The van der Waals surface area contributed by atoms with Crippen molar-refractivity contribution < 1.29 is 32.6 Å². The zero-order chi connectivity index (χ0) is 32.6. The molecule has 3 rings (SSSR count). The summed E-state index contributed by atoms with van der Waals surface area (Å²) in [5, 5.41) is 18.6. The SMILES string of the molecule is COC(=O)[C@H](NC[C@H](Cc1ccccc1)NC(=O)c1cc(C(=O)N(C)Cc2nc(C)cs2)cc(N(C)S(C)(=O)=O)c1)[C@@H](C)O. The lowest BCUT2D eigenvalue weighted by Crippen LogP contribution is -2.52. The van der Waals surface area contributed by atoms with Gasteiger partial charge < -0.3 is 25.4 Å². The molecule has 14 heteroatoms. The van der Waals surface area contributed by atoms with E-state index in [1.165, 1.54) is 55.5 Å². The third-order valence-electron chi connectivity index (χ3n) is 6.86. The van der Waals surface area contributed by atoms with Gasteiger partial charge in [-0.3, -0.25) is 18.7 Å². The average Bonchev–Trinajstić information content (AvgIpc) is 3.39. The topological polar surface area (TPSA) is 158 Å². The van der Waals surface area contributed by atoms with Crippen molar-refractivity contribution in [1.82, 2.24) is 20.5 Å². The summed E-state index contributed by atoms with van der Waals surface area (Å²) in [6.45, 7) is 3.64.